The Morgan fingerprint density at radius 1 is 1.14 bits per heavy atom. The summed E-state index contributed by atoms with van der Waals surface area (Å²) in [4.78, 5) is 4.65. The standard InChI is InChI=1S/C16H27N3O2S/c1-15(19-11-9-18(2)10-12-19)14-17-22(20,21)13-8-16-6-4-3-5-7-16/h3-7,15,17H,8-14H2,1-2H3. The summed E-state index contributed by atoms with van der Waals surface area (Å²) in [7, 11) is -1.09. The molecule has 0 bridgehead atoms. The Morgan fingerprint density at radius 3 is 2.41 bits per heavy atom. The van der Waals surface area contributed by atoms with Crippen LogP contribution in [-0.2, 0) is 16.4 Å². The molecule has 1 fully saturated rings. The lowest BCUT2D eigenvalue weighted by atomic mass is 10.2. The molecule has 1 saturated heterocycles. The van der Waals surface area contributed by atoms with Gasteiger partial charge in [0.25, 0.3) is 0 Å². The summed E-state index contributed by atoms with van der Waals surface area (Å²) in [5.74, 6) is 0.145. The highest BCUT2D eigenvalue weighted by atomic mass is 32.2. The van der Waals surface area contributed by atoms with Crippen LogP contribution in [0.5, 0.6) is 0 Å². The maximum atomic E-state index is 12.1. The fourth-order valence-corrected chi connectivity index (χ4v) is 3.75. The van der Waals surface area contributed by atoms with E-state index in [1.54, 1.807) is 0 Å². The minimum absolute atomic E-state index is 0.145. The molecule has 0 aromatic heterocycles. The quantitative estimate of drug-likeness (QED) is 0.805. The highest BCUT2D eigenvalue weighted by Crippen LogP contribution is 2.05. The van der Waals surface area contributed by atoms with Crippen molar-refractivity contribution >= 4 is 10.0 Å². The molecule has 1 aliphatic rings. The number of piperazine rings is 1. The van der Waals surface area contributed by atoms with Gasteiger partial charge >= 0.3 is 0 Å². The normalized spacial score (nSPS) is 19.2. The van der Waals surface area contributed by atoms with Crippen LogP contribution in [0.1, 0.15) is 12.5 Å². The number of nitrogens with zero attached hydrogens (tertiary/aromatic N) is 2. The molecule has 0 amide bonds. The van der Waals surface area contributed by atoms with E-state index in [9.17, 15) is 8.42 Å². The lowest BCUT2D eigenvalue weighted by Gasteiger charge is -2.36. The number of hydrogen-bond donors (Lipinski definition) is 1. The Kier molecular flexibility index (Phi) is 6.37. The summed E-state index contributed by atoms with van der Waals surface area (Å²) in [6.45, 7) is 6.68. The maximum Gasteiger partial charge on any atom is 0.211 e. The zero-order chi connectivity index (χ0) is 16.0. The van der Waals surface area contributed by atoms with Crippen LogP contribution < -0.4 is 4.72 Å². The number of hydrogen-bond acceptors (Lipinski definition) is 4. The fraction of sp³-hybridized carbons (Fsp3) is 0.625. The Morgan fingerprint density at radius 2 is 1.77 bits per heavy atom. The number of benzene rings is 1. The molecular formula is C16H27N3O2S. The van der Waals surface area contributed by atoms with Crippen LogP contribution in [0.3, 0.4) is 0 Å². The number of aryl methyl sites for hydroxylation is 1. The summed E-state index contributed by atoms with van der Waals surface area (Å²) >= 11 is 0. The van der Waals surface area contributed by atoms with Crippen molar-refractivity contribution in [3.8, 4) is 0 Å². The van der Waals surface area contributed by atoms with E-state index in [1.807, 2.05) is 30.3 Å². The molecule has 1 heterocycles. The van der Waals surface area contributed by atoms with Crippen molar-refractivity contribution in [2.45, 2.75) is 19.4 Å². The summed E-state index contributed by atoms with van der Waals surface area (Å²) in [5, 5.41) is 0. The molecule has 124 valence electrons. The summed E-state index contributed by atoms with van der Waals surface area (Å²) < 4.78 is 27.0. The van der Waals surface area contributed by atoms with Crippen LogP contribution in [0.25, 0.3) is 0 Å². The molecule has 0 radical (unpaired) electrons. The summed E-state index contributed by atoms with van der Waals surface area (Å²) in [6, 6.07) is 9.97. The van der Waals surface area contributed by atoms with Gasteiger partial charge in [-0.3, -0.25) is 4.90 Å². The van der Waals surface area contributed by atoms with E-state index >= 15 is 0 Å². The van der Waals surface area contributed by atoms with Gasteiger partial charge in [0, 0.05) is 38.8 Å². The molecule has 1 N–H and O–H groups in total. The zero-order valence-corrected chi connectivity index (χ0v) is 14.3. The van der Waals surface area contributed by atoms with E-state index in [2.05, 4.69) is 28.5 Å². The SMILES string of the molecule is CC(CNS(=O)(=O)CCc1ccccc1)N1CCN(C)CC1. The van der Waals surface area contributed by atoms with Gasteiger partial charge in [-0.15, -0.1) is 0 Å². The molecule has 0 spiro atoms. The summed E-state index contributed by atoms with van der Waals surface area (Å²) in [5.41, 5.74) is 1.06. The Labute approximate surface area is 134 Å². The molecular weight excluding hydrogens is 298 g/mol. The molecule has 1 aliphatic heterocycles. The Hall–Kier alpha value is -0.950. The van der Waals surface area contributed by atoms with E-state index in [4.69, 9.17) is 0 Å². The average molecular weight is 325 g/mol. The summed E-state index contributed by atoms with van der Waals surface area (Å²) in [6.07, 6.45) is 0.555. The van der Waals surface area contributed by atoms with Gasteiger partial charge in [0.15, 0.2) is 0 Å². The number of sulfonamides is 1. The molecule has 1 aromatic rings. The first-order chi connectivity index (χ1) is 10.5. The first-order valence-corrected chi connectivity index (χ1v) is 9.55. The first kappa shape index (κ1) is 17.4. The second-order valence-corrected chi connectivity index (χ2v) is 8.02. The van der Waals surface area contributed by atoms with Gasteiger partial charge in [0.2, 0.25) is 10.0 Å². The predicted octanol–water partition coefficient (Wildman–Crippen LogP) is 0.784. The number of nitrogens with one attached hydrogen (secondary N) is 1. The van der Waals surface area contributed by atoms with Crippen molar-refractivity contribution in [1.29, 1.82) is 0 Å². The van der Waals surface area contributed by atoms with Crippen molar-refractivity contribution in [1.82, 2.24) is 14.5 Å². The van der Waals surface area contributed by atoms with Gasteiger partial charge in [-0.1, -0.05) is 30.3 Å². The molecule has 2 rings (SSSR count). The molecule has 1 unspecified atom stereocenters. The van der Waals surface area contributed by atoms with E-state index in [-0.39, 0.29) is 11.8 Å². The first-order valence-electron chi connectivity index (χ1n) is 7.90. The Balaban J connectivity index is 1.74. The van der Waals surface area contributed by atoms with Gasteiger partial charge < -0.3 is 4.90 Å². The smallest absolute Gasteiger partial charge is 0.211 e. The number of rotatable bonds is 7. The topological polar surface area (TPSA) is 52.7 Å². The lowest BCUT2D eigenvalue weighted by Crippen LogP contribution is -2.51. The highest BCUT2D eigenvalue weighted by molar-refractivity contribution is 7.89. The van der Waals surface area contributed by atoms with Gasteiger partial charge in [0.05, 0.1) is 5.75 Å². The van der Waals surface area contributed by atoms with Crippen molar-refractivity contribution in [2.24, 2.45) is 0 Å². The van der Waals surface area contributed by atoms with E-state index in [0.717, 1.165) is 31.7 Å². The third-order valence-electron chi connectivity index (χ3n) is 4.26. The number of likely N-dealkylation sites (N-methyl/N-ethyl adjacent to an activating group) is 1. The fourth-order valence-electron chi connectivity index (χ4n) is 2.61. The maximum absolute atomic E-state index is 12.1. The van der Waals surface area contributed by atoms with Gasteiger partial charge in [-0.2, -0.15) is 0 Å². The molecule has 0 aliphatic carbocycles. The van der Waals surface area contributed by atoms with Crippen LogP contribution in [0, 0.1) is 0 Å². The van der Waals surface area contributed by atoms with E-state index in [0.29, 0.717) is 13.0 Å². The van der Waals surface area contributed by atoms with Crippen LogP contribution in [0.4, 0.5) is 0 Å². The second-order valence-electron chi connectivity index (χ2n) is 6.09. The molecule has 22 heavy (non-hydrogen) atoms. The monoisotopic (exact) mass is 325 g/mol. The molecule has 5 nitrogen and oxygen atoms in total. The van der Waals surface area contributed by atoms with Crippen LogP contribution >= 0.6 is 0 Å². The Bertz CT molecular complexity index is 540. The highest BCUT2D eigenvalue weighted by Gasteiger charge is 2.20. The van der Waals surface area contributed by atoms with Gasteiger partial charge in [-0.25, -0.2) is 13.1 Å². The van der Waals surface area contributed by atoms with E-state index in [1.165, 1.54) is 0 Å². The lowest BCUT2D eigenvalue weighted by molar-refractivity contribution is 0.120. The van der Waals surface area contributed by atoms with Gasteiger partial charge in [-0.05, 0) is 26.0 Å². The minimum atomic E-state index is -3.21. The molecule has 0 saturated carbocycles. The largest absolute Gasteiger partial charge is 0.304 e. The van der Waals surface area contributed by atoms with Crippen molar-refractivity contribution in [3.05, 3.63) is 35.9 Å². The van der Waals surface area contributed by atoms with Crippen LogP contribution in [-0.4, -0.2) is 69.8 Å². The molecule has 1 aromatic carbocycles. The van der Waals surface area contributed by atoms with Crippen LogP contribution in [0.15, 0.2) is 30.3 Å². The zero-order valence-electron chi connectivity index (χ0n) is 13.5. The van der Waals surface area contributed by atoms with E-state index < -0.39 is 10.0 Å². The molecule has 1 atom stereocenters. The predicted molar refractivity (Wildman–Crippen MR) is 90.5 cm³/mol. The molecule has 6 heteroatoms. The third kappa shape index (κ3) is 5.68. The average Bonchev–Trinajstić information content (AvgIpc) is 2.53. The van der Waals surface area contributed by atoms with Crippen molar-refractivity contribution < 1.29 is 8.42 Å². The van der Waals surface area contributed by atoms with Crippen molar-refractivity contribution in [3.63, 3.8) is 0 Å². The van der Waals surface area contributed by atoms with Gasteiger partial charge in [0.1, 0.15) is 0 Å². The third-order valence-corrected chi connectivity index (χ3v) is 5.61. The minimum Gasteiger partial charge on any atom is -0.304 e. The second kappa shape index (κ2) is 8.06. The van der Waals surface area contributed by atoms with Crippen molar-refractivity contribution in [2.75, 3.05) is 45.5 Å². The van der Waals surface area contributed by atoms with Crippen LogP contribution in [0.2, 0.25) is 0 Å².